The van der Waals surface area contributed by atoms with E-state index in [9.17, 15) is 29.3 Å². The van der Waals surface area contributed by atoms with E-state index in [1.807, 2.05) is 12.1 Å². The van der Waals surface area contributed by atoms with Crippen molar-refractivity contribution in [3.63, 3.8) is 0 Å². The Morgan fingerprint density at radius 2 is 1.67 bits per heavy atom. The third-order valence-electron chi connectivity index (χ3n) is 10.2. The molecule has 1 saturated heterocycles. The Hall–Kier alpha value is -3.73. The Bertz CT molecular complexity index is 1870. The molecule has 2 aromatic heterocycles. The van der Waals surface area contributed by atoms with Crippen LogP contribution in [0.1, 0.15) is 114 Å². The maximum Gasteiger partial charge on any atom is 0.472 e. The Labute approximate surface area is 340 Å². The number of nitrogens with two attached hydrogens (primary N) is 1. The van der Waals surface area contributed by atoms with Crippen molar-refractivity contribution >= 4 is 19.0 Å². The van der Waals surface area contributed by atoms with E-state index in [0.29, 0.717) is 17.8 Å². The number of phosphoric ester groups is 1. The summed E-state index contributed by atoms with van der Waals surface area (Å²) in [5.41, 5.74) is 5.10. The SMILES string of the molecule is CCCCCCCC/C=C\CCCCCCCCOC[C@H](COP(=O)(O)OC[C@H]1O[C@@](C#N)(c2ccc3c(N)ccnn23)[C@H](O)[C@@H]1O)OCc1ccc(C#N)cc1F. The van der Waals surface area contributed by atoms with E-state index in [-0.39, 0.29) is 30.0 Å². The number of phosphoric acid groups is 1. The van der Waals surface area contributed by atoms with Gasteiger partial charge in [0.1, 0.15) is 36.3 Å². The number of aliphatic hydroxyl groups is 2. The van der Waals surface area contributed by atoms with Gasteiger partial charge in [0.05, 0.1) is 55.0 Å². The molecule has 0 amide bonds. The highest BCUT2D eigenvalue weighted by Crippen LogP contribution is 2.46. The molecule has 16 heteroatoms. The summed E-state index contributed by atoms with van der Waals surface area (Å²) in [6, 6.07) is 12.4. The maximum absolute atomic E-state index is 14.6. The number of aliphatic hydroxyl groups excluding tert-OH is 2. The first-order valence-corrected chi connectivity index (χ1v) is 21.9. The van der Waals surface area contributed by atoms with Gasteiger partial charge >= 0.3 is 7.82 Å². The Morgan fingerprint density at radius 1 is 0.983 bits per heavy atom. The Balaban J connectivity index is 1.21. The van der Waals surface area contributed by atoms with Crippen molar-refractivity contribution in [1.29, 1.82) is 10.5 Å². The number of aromatic nitrogens is 2. The van der Waals surface area contributed by atoms with Gasteiger partial charge in [-0.05, 0) is 62.4 Å². The van der Waals surface area contributed by atoms with Crippen LogP contribution in [0.2, 0.25) is 0 Å². The van der Waals surface area contributed by atoms with Gasteiger partial charge in [0.25, 0.3) is 0 Å². The number of fused-ring (bicyclic) bond motifs is 1. The maximum atomic E-state index is 14.6. The van der Waals surface area contributed by atoms with Gasteiger partial charge in [-0.15, -0.1) is 0 Å². The van der Waals surface area contributed by atoms with Crippen LogP contribution in [-0.4, -0.2) is 75.6 Å². The first kappa shape index (κ1) is 47.0. The molecule has 1 unspecified atom stereocenters. The van der Waals surface area contributed by atoms with Gasteiger partial charge in [0.2, 0.25) is 5.60 Å². The molecule has 0 saturated carbocycles. The number of nitrogen functional groups attached to an aromatic ring is 1. The first-order valence-electron chi connectivity index (χ1n) is 20.4. The molecule has 3 aromatic rings. The van der Waals surface area contributed by atoms with E-state index in [1.165, 1.54) is 86.7 Å². The summed E-state index contributed by atoms with van der Waals surface area (Å²) in [5, 5.41) is 45.2. The molecule has 1 aliphatic heterocycles. The second kappa shape index (κ2) is 24.4. The fraction of sp³-hybridized carbons (Fsp3) is 0.595. The second-order valence-electron chi connectivity index (χ2n) is 14.7. The summed E-state index contributed by atoms with van der Waals surface area (Å²) in [6.45, 7) is 1.17. The summed E-state index contributed by atoms with van der Waals surface area (Å²) in [5.74, 6) is -0.641. The number of halogens is 1. The van der Waals surface area contributed by atoms with Crippen LogP contribution in [0.5, 0.6) is 0 Å². The highest BCUT2D eigenvalue weighted by molar-refractivity contribution is 7.47. The average Bonchev–Trinajstić information content (AvgIpc) is 3.77. The zero-order chi connectivity index (χ0) is 41.8. The molecule has 58 heavy (non-hydrogen) atoms. The van der Waals surface area contributed by atoms with Crippen molar-refractivity contribution in [2.45, 2.75) is 133 Å². The predicted octanol–water partition coefficient (Wildman–Crippen LogP) is 7.54. The normalized spacial score (nSPS) is 21.0. The first-order chi connectivity index (χ1) is 28.0. The third kappa shape index (κ3) is 13.9. The van der Waals surface area contributed by atoms with E-state index in [0.717, 1.165) is 38.2 Å². The highest BCUT2D eigenvalue weighted by atomic mass is 31.2. The number of rotatable bonds is 28. The van der Waals surface area contributed by atoms with Crippen molar-refractivity contribution in [3.8, 4) is 12.1 Å². The van der Waals surface area contributed by atoms with E-state index >= 15 is 0 Å². The lowest BCUT2D eigenvalue weighted by Gasteiger charge is -2.24. The number of hydrogen-bond acceptors (Lipinski definition) is 12. The zero-order valence-corrected chi connectivity index (χ0v) is 34.3. The van der Waals surface area contributed by atoms with Gasteiger partial charge in [0.15, 0.2) is 0 Å². The van der Waals surface area contributed by atoms with Gasteiger partial charge in [-0.25, -0.2) is 13.5 Å². The second-order valence-corrected chi connectivity index (χ2v) is 16.1. The van der Waals surface area contributed by atoms with Crippen LogP contribution < -0.4 is 5.73 Å². The molecule has 4 rings (SSSR count). The lowest BCUT2D eigenvalue weighted by atomic mass is 9.92. The fourth-order valence-corrected chi connectivity index (χ4v) is 7.53. The van der Waals surface area contributed by atoms with Crippen molar-refractivity contribution in [1.82, 2.24) is 9.61 Å². The summed E-state index contributed by atoms with van der Waals surface area (Å²) in [6.07, 6.45) is 16.8. The Morgan fingerprint density at radius 3 is 2.34 bits per heavy atom. The number of allylic oxidation sites excluding steroid dienone is 2. The minimum atomic E-state index is -4.84. The number of nitriles is 2. The number of ether oxygens (including phenoxy) is 3. The van der Waals surface area contributed by atoms with Gasteiger partial charge in [-0.1, -0.05) is 82.9 Å². The molecule has 3 heterocycles. The van der Waals surface area contributed by atoms with Crippen LogP contribution >= 0.6 is 7.82 Å². The monoisotopic (exact) mass is 827 g/mol. The smallest absolute Gasteiger partial charge is 0.397 e. The highest BCUT2D eigenvalue weighted by Gasteiger charge is 2.58. The molecule has 1 fully saturated rings. The largest absolute Gasteiger partial charge is 0.472 e. The van der Waals surface area contributed by atoms with Gasteiger partial charge in [-0.3, -0.25) is 9.05 Å². The molecule has 5 N–H and O–H groups in total. The molecular formula is C42H59FN5O9P. The quantitative estimate of drug-likeness (QED) is 0.0317. The van der Waals surface area contributed by atoms with Gasteiger partial charge in [-0.2, -0.15) is 15.6 Å². The van der Waals surface area contributed by atoms with Crippen LogP contribution in [0, 0.1) is 28.5 Å². The molecular weight excluding hydrogens is 768 g/mol. The third-order valence-corrected chi connectivity index (χ3v) is 11.1. The number of unbranched alkanes of at least 4 members (excludes halogenated alkanes) is 12. The molecule has 1 aromatic carbocycles. The summed E-state index contributed by atoms with van der Waals surface area (Å²) in [4.78, 5) is 10.6. The van der Waals surface area contributed by atoms with E-state index < -0.39 is 56.9 Å². The number of benzene rings is 1. The van der Waals surface area contributed by atoms with Crippen LogP contribution in [0.15, 0.2) is 54.7 Å². The minimum Gasteiger partial charge on any atom is -0.397 e. The Kier molecular flexibility index (Phi) is 19.7. The van der Waals surface area contributed by atoms with Gasteiger partial charge < -0.3 is 35.1 Å². The lowest BCUT2D eigenvalue weighted by molar-refractivity contribution is -0.0691. The average molecular weight is 828 g/mol. The molecule has 0 bridgehead atoms. The van der Waals surface area contributed by atoms with Crippen LogP contribution in [0.4, 0.5) is 10.1 Å². The van der Waals surface area contributed by atoms with Crippen LogP contribution in [-0.2, 0) is 40.0 Å². The topological polar surface area (TPSA) is 215 Å². The van der Waals surface area contributed by atoms with Crippen molar-refractivity contribution in [3.05, 3.63) is 77.4 Å². The molecule has 0 radical (unpaired) electrons. The van der Waals surface area contributed by atoms with E-state index in [2.05, 4.69) is 24.2 Å². The molecule has 0 spiro atoms. The molecule has 6 atom stereocenters. The molecule has 318 valence electrons. The molecule has 1 aliphatic rings. The predicted molar refractivity (Wildman–Crippen MR) is 215 cm³/mol. The summed E-state index contributed by atoms with van der Waals surface area (Å²) in [7, 11) is -4.84. The zero-order valence-electron chi connectivity index (χ0n) is 33.4. The molecule has 14 nitrogen and oxygen atoms in total. The standard InChI is InChI=1S/C42H59FN5O9P/c1-2-3-4-5-6-7-8-9-10-11-12-13-14-15-16-17-24-53-28-34(54-27-33-19-18-32(26-44)25-35(33)43)29-55-58(51,52)56-30-38-40(49)41(50)42(31-45,57-38)39-21-20-37-36(46)22-23-47-48(37)39/h9-10,18-23,25,34,38,40-41,49-50H,2-8,11-17,24,27-30,46H2,1H3,(H,51,52)/b10-9-/t34-,38-,40-,41-,42+/m1/s1. The number of hydrogen-bond donors (Lipinski definition) is 4. The summed E-state index contributed by atoms with van der Waals surface area (Å²) < 4.78 is 56.7. The fourth-order valence-electron chi connectivity index (χ4n) is 6.77. The van der Waals surface area contributed by atoms with Crippen LogP contribution in [0.3, 0.4) is 0 Å². The minimum absolute atomic E-state index is 0.0336. The molecule has 0 aliphatic carbocycles. The van der Waals surface area contributed by atoms with Crippen LogP contribution in [0.25, 0.3) is 5.52 Å². The van der Waals surface area contributed by atoms with E-state index in [1.54, 1.807) is 12.1 Å². The van der Waals surface area contributed by atoms with Crippen molar-refractivity contribution in [2.24, 2.45) is 0 Å². The van der Waals surface area contributed by atoms with Crippen molar-refractivity contribution in [2.75, 3.05) is 32.2 Å². The van der Waals surface area contributed by atoms with Crippen molar-refractivity contribution < 1.29 is 47.3 Å². The summed E-state index contributed by atoms with van der Waals surface area (Å²) >= 11 is 0. The lowest BCUT2D eigenvalue weighted by Crippen LogP contribution is -2.41. The van der Waals surface area contributed by atoms with E-state index in [4.69, 9.17) is 34.3 Å². The number of anilines is 1. The van der Waals surface area contributed by atoms with Gasteiger partial charge in [0, 0.05) is 18.4 Å². The number of nitrogens with zero attached hydrogens (tertiary/aromatic N) is 4.